The normalized spacial score (nSPS) is 14.9. The lowest BCUT2D eigenvalue weighted by molar-refractivity contribution is 0.0398. The Kier molecular flexibility index (Phi) is 5.89. The van der Waals surface area contributed by atoms with Gasteiger partial charge in [-0.3, -0.25) is 4.90 Å². The molecule has 0 amide bonds. The van der Waals surface area contributed by atoms with Crippen LogP contribution in [0.5, 0.6) is 0 Å². The molecule has 156 valence electrons. The summed E-state index contributed by atoms with van der Waals surface area (Å²) >= 11 is 3.29. The number of imidazole rings is 1. The summed E-state index contributed by atoms with van der Waals surface area (Å²) in [5.74, 6) is 0.879. The van der Waals surface area contributed by atoms with E-state index in [-0.39, 0.29) is 0 Å². The number of nitrogens with one attached hydrogen (secondary N) is 2. The number of anilines is 2. The maximum atomic E-state index is 5.39. The first-order valence-corrected chi connectivity index (χ1v) is 11.7. The number of hydrogen-bond donors (Lipinski definition) is 2. The summed E-state index contributed by atoms with van der Waals surface area (Å²) in [6.07, 6.45) is 3.73. The summed E-state index contributed by atoms with van der Waals surface area (Å²) in [7, 11) is 0. The average molecular weight is 442 g/mol. The van der Waals surface area contributed by atoms with E-state index in [2.05, 4.69) is 54.2 Å². The number of ether oxygens (including phenoxy) is 1. The predicted octanol–water partition coefficient (Wildman–Crippen LogP) is 3.27. The predicted molar refractivity (Wildman–Crippen MR) is 121 cm³/mol. The Morgan fingerprint density at radius 3 is 2.80 bits per heavy atom. The zero-order chi connectivity index (χ0) is 20.2. The van der Waals surface area contributed by atoms with E-state index in [1.807, 2.05) is 23.0 Å². The highest BCUT2D eigenvalue weighted by molar-refractivity contribution is 7.20. The molecule has 30 heavy (non-hydrogen) atoms. The standard InChI is InChI=1S/C20H23N7OS2/c1-2-16(29-11-1)13-23-19-25-27-17(14-24-20(27)30-19)15-3-4-18(22-12-15)21-5-6-26-7-9-28-10-8-26/h1-4,11-12,14H,5-10,13H2,(H,21,22)(H,23,25). The van der Waals surface area contributed by atoms with Crippen LogP contribution in [-0.4, -0.2) is 63.9 Å². The Morgan fingerprint density at radius 2 is 2.00 bits per heavy atom. The molecule has 0 bridgehead atoms. The molecule has 0 unspecified atom stereocenters. The summed E-state index contributed by atoms with van der Waals surface area (Å²) in [6, 6.07) is 8.24. The van der Waals surface area contributed by atoms with Gasteiger partial charge >= 0.3 is 0 Å². The maximum Gasteiger partial charge on any atom is 0.214 e. The zero-order valence-electron chi connectivity index (χ0n) is 16.5. The number of fused-ring (bicyclic) bond motifs is 1. The van der Waals surface area contributed by atoms with Gasteiger partial charge in [0.25, 0.3) is 0 Å². The number of pyridine rings is 1. The van der Waals surface area contributed by atoms with Crippen LogP contribution in [0.2, 0.25) is 0 Å². The number of thiophene rings is 1. The van der Waals surface area contributed by atoms with Crippen molar-refractivity contribution < 1.29 is 4.74 Å². The van der Waals surface area contributed by atoms with Crippen LogP contribution in [0, 0.1) is 0 Å². The van der Waals surface area contributed by atoms with Gasteiger partial charge in [0.05, 0.1) is 31.6 Å². The SMILES string of the molecule is c1csc(CNc2nn3c(-c4ccc(NCCN5CCOCC5)nc4)cnc3s2)c1. The van der Waals surface area contributed by atoms with Gasteiger partial charge in [-0.15, -0.1) is 16.4 Å². The monoisotopic (exact) mass is 441 g/mol. The molecule has 1 saturated heterocycles. The molecular weight excluding hydrogens is 418 g/mol. The lowest BCUT2D eigenvalue weighted by Gasteiger charge is -2.26. The summed E-state index contributed by atoms with van der Waals surface area (Å²) in [4.78, 5) is 13.6. The highest BCUT2D eigenvalue weighted by Crippen LogP contribution is 2.26. The maximum absolute atomic E-state index is 5.39. The number of rotatable bonds is 8. The molecule has 0 radical (unpaired) electrons. The van der Waals surface area contributed by atoms with E-state index in [0.717, 1.165) is 73.1 Å². The third kappa shape index (κ3) is 4.46. The second-order valence-corrected chi connectivity index (χ2v) is 8.98. The van der Waals surface area contributed by atoms with E-state index in [1.54, 1.807) is 22.7 Å². The van der Waals surface area contributed by atoms with E-state index >= 15 is 0 Å². The molecule has 10 heteroatoms. The van der Waals surface area contributed by atoms with Crippen molar-refractivity contribution in [2.75, 3.05) is 50.0 Å². The van der Waals surface area contributed by atoms with E-state index in [4.69, 9.17) is 4.74 Å². The molecule has 1 aliphatic rings. The first-order valence-electron chi connectivity index (χ1n) is 9.96. The van der Waals surface area contributed by atoms with Crippen LogP contribution in [0.25, 0.3) is 16.2 Å². The average Bonchev–Trinajstić information content (AvgIpc) is 3.51. The molecule has 2 N–H and O–H groups in total. The molecule has 5 rings (SSSR count). The minimum Gasteiger partial charge on any atom is -0.379 e. The Labute approximate surface area is 182 Å². The van der Waals surface area contributed by atoms with Gasteiger partial charge in [0.1, 0.15) is 5.82 Å². The van der Waals surface area contributed by atoms with E-state index in [0.29, 0.717) is 0 Å². The number of aromatic nitrogens is 4. The van der Waals surface area contributed by atoms with E-state index in [1.165, 1.54) is 4.88 Å². The summed E-state index contributed by atoms with van der Waals surface area (Å²) < 4.78 is 7.26. The van der Waals surface area contributed by atoms with Gasteiger partial charge in [-0.1, -0.05) is 17.4 Å². The molecule has 4 aromatic rings. The molecule has 4 aromatic heterocycles. The highest BCUT2D eigenvalue weighted by Gasteiger charge is 2.13. The Balaban J connectivity index is 1.21. The topological polar surface area (TPSA) is 79.6 Å². The van der Waals surface area contributed by atoms with Crippen molar-refractivity contribution in [3.63, 3.8) is 0 Å². The van der Waals surface area contributed by atoms with Crippen molar-refractivity contribution in [2.45, 2.75) is 6.54 Å². The van der Waals surface area contributed by atoms with Gasteiger partial charge in [0.2, 0.25) is 10.1 Å². The Hall–Kier alpha value is -2.53. The van der Waals surface area contributed by atoms with Crippen molar-refractivity contribution in [3.05, 3.63) is 46.9 Å². The first kappa shape index (κ1) is 19.4. The van der Waals surface area contributed by atoms with Crippen molar-refractivity contribution in [2.24, 2.45) is 0 Å². The number of nitrogens with zero attached hydrogens (tertiary/aromatic N) is 5. The van der Waals surface area contributed by atoms with Crippen molar-refractivity contribution in [1.82, 2.24) is 24.5 Å². The Morgan fingerprint density at radius 1 is 1.07 bits per heavy atom. The smallest absolute Gasteiger partial charge is 0.214 e. The second-order valence-electron chi connectivity index (χ2n) is 6.99. The van der Waals surface area contributed by atoms with Crippen molar-refractivity contribution >= 4 is 38.6 Å². The van der Waals surface area contributed by atoms with Crippen LogP contribution in [0.1, 0.15) is 4.88 Å². The van der Waals surface area contributed by atoms with Crippen LogP contribution in [0.3, 0.4) is 0 Å². The third-order valence-corrected chi connectivity index (χ3v) is 6.73. The molecule has 0 spiro atoms. The van der Waals surface area contributed by atoms with Gasteiger partial charge < -0.3 is 15.4 Å². The fourth-order valence-electron chi connectivity index (χ4n) is 3.35. The molecular formula is C20H23N7OS2. The molecule has 0 atom stereocenters. The van der Waals surface area contributed by atoms with Crippen molar-refractivity contribution in [3.8, 4) is 11.3 Å². The minimum absolute atomic E-state index is 0.774. The molecule has 0 aliphatic carbocycles. The summed E-state index contributed by atoms with van der Waals surface area (Å²) in [6.45, 7) is 6.30. The largest absolute Gasteiger partial charge is 0.379 e. The fraction of sp³-hybridized carbons (Fsp3) is 0.350. The van der Waals surface area contributed by atoms with Crippen LogP contribution in [0.4, 0.5) is 10.9 Å². The molecule has 8 nitrogen and oxygen atoms in total. The third-order valence-electron chi connectivity index (χ3n) is 4.98. The molecule has 1 aliphatic heterocycles. The van der Waals surface area contributed by atoms with E-state index in [9.17, 15) is 0 Å². The lowest BCUT2D eigenvalue weighted by atomic mass is 10.2. The van der Waals surface area contributed by atoms with Crippen LogP contribution in [0.15, 0.2) is 42.0 Å². The Bertz CT molecular complexity index is 1070. The quantitative estimate of drug-likeness (QED) is 0.434. The minimum atomic E-state index is 0.774. The van der Waals surface area contributed by atoms with Gasteiger partial charge in [-0.05, 0) is 23.6 Å². The first-order chi connectivity index (χ1) is 14.8. The molecule has 0 aromatic carbocycles. The lowest BCUT2D eigenvalue weighted by Crippen LogP contribution is -2.39. The zero-order valence-corrected chi connectivity index (χ0v) is 18.1. The van der Waals surface area contributed by atoms with Gasteiger partial charge in [-0.2, -0.15) is 0 Å². The van der Waals surface area contributed by atoms with Crippen molar-refractivity contribution in [1.29, 1.82) is 0 Å². The summed E-state index contributed by atoms with van der Waals surface area (Å²) in [5.41, 5.74) is 1.94. The molecule has 0 saturated carbocycles. The summed E-state index contributed by atoms with van der Waals surface area (Å²) in [5, 5.41) is 14.4. The fourth-order valence-corrected chi connectivity index (χ4v) is 4.77. The van der Waals surface area contributed by atoms with Gasteiger partial charge in [0, 0.05) is 42.8 Å². The number of morpholine rings is 1. The highest BCUT2D eigenvalue weighted by atomic mass is 32.1. The second kappa shape index (κ2) is 9.09. The van der Waals surface area contributed by atoms with Crippen LogP contribution >= 0.6 is 22.7 Å². The van der Waals surface area contributed by atoms with Crippen LogP contribution in [-0.2, 0) is 11.3 Å². The van der Waals surface area contributed by atoms with Gasteiger partial charge in [-0.25, -0.2) is 14.5 Å². The molecule has 1 fully saturated rings. The molecule has 5 heterocycles. The van der Waals surface area contributed by atoms with Crippen LogP contribution < -0.4 is 10.6 Å². The van der Waals surface area contributed by atoms with E-state index < -0.39 is 0 Å². The number of hydrogen-bond acceptors (Lipinski definition) is 9. The van der Waals surface area contributed by atoms with Gasteiger partial charge in [0.15, 0.2) is 0 Å².